The molecule has 0 aliphatic rings. The molecule has 1 amide bonds. The van der Waals surface area contributed by atoms with Crippen molar-refractivity contribution in [1.82, 2.24) is 5.32 Å². The zero-order valence-corrected chi connectivity index (χ0v) is 8.22. The molecule has 1 atom stereocenters. The Bertz CT molecular complexity index is 126. The highest BCUT2D eigenvalue weighted by atomic mass is 16.5. The highest BCUT2D eigenvalue weighted by Crippen LogP contribution is 1.93. The molecule has 0 aromatic rings. The van der Waals surface area contributed by atoms with Gasteiger partial charge in [0.1, 0.15) is 0 Å². The molecule has 0 fully saturated rings. The summed E-state index contributed by atoms with van der Waals surface area (Å²) in [6.45, 7) is 4.72. The lowest BCUT2D eigenvalue weighted by Crippen LogP contribution is -2.31. The fourth-order valence-corrected chi connectivity index (χ4v) is 0.826. The van der Waals surface area contributed by atoms with E-state index in [-0.39, 0.29) is 5.91 Å². The minimum absolute atomic E-state index is 0.126. The number of nitrogens with one attached hydrogen (secondary N) is 1. The number of hydrogen-bond donors (Lipinski definition) is 1. The van der Waals surface area contributed by atoms with Crippen LogP contribution in [-0.4, -0.2) is 25.7 Å². The minimum atomic E-state index is 0.126. The number of carbonyl (C=O) groups excluding carboxylic acids is 1. The van der Waals surface area contributed by atoms with Crippen LogP contribution in [0.25, 0.3) is 0 Å². The van der Waals surface area contributed by atoms with E-state index in [4.69, 9.17) is 4.74 Å². The monoisotopic (exact) mass is 173 g/mol. The average molecular weight is 173 g/mol. The predicted octanol–water partition coefficient (Wildman–Crippen LogP) is 1.33. The largest absolute Gasteiger partial charge is 0.385 e. The van der Waals surface area contributed by atoms with Gasteiger partial charge < -0.3 is 10.1 Å². The van der Waals surface area contributed by atoms with Crippen LogP contribution >= 0.6 is 0 Å². The number of rotatable bonds is 6. The summed E-state index contributed by atoms with van der Waals surface area (Å²) in [6, 6.07) is 0.292. The Hall–Kier alpha value is -0.570. The van der Waals surface area contributed by atoms with Gasteiger partial charge in [-0.2, -0.15) is 0 Å². The molecule has 0 saturated heterocycles. The Morgan fingerprint density at radius 2 is 2.25 bits per heavy atom. The fourth-order valence-electron chi connectivity index (χ4n) is 0.826. The van der Waals surface area contributed by atoms with Crippen LogP contribution in [0.2, 0.25) is 0 Å². The van der Waals surface area contributed by atoms with Crippen LogP contribution < -0.4 is 5.32 Å². The Labute approximate surface area is 74.5 Å². The summed E-state index contributed by atoms with van der Waals surface area (Å²) in [7, 11) is 1.65. The summed E-state index contributed by atoms with van der Waals surface area (Å²) < 4.78 is 4.84. The second-order valence-electron chi connectivity index (χ2n) is 2.97. The zero-order chi connectivity index (χ0) is 9.40. The second kappa shape index (κ2) is 7.10. The zero-order valence-electron chi connectivity index (χ0n) is 8.22. The SMILES string of the molecule is CCC(C)NC(=O)CCCOC. The highest BCUT2D eigenvalue weighted by Gasteiger charge is 2.03. The Morgan fingerprint density at radius 1 is 1.58 bits per heavy atom. The van der Waals surface area contributed by atoms with Gasteiger partial charge in [-0.05, 0) is 19.8 Å². The van der Waals surface area contributed by atoms with Crippen molar-refractivity contribution >= 4 is 5.91 Å². The van der Waals surface area contributed by atoms with E-state index in [1.807, 2.05) is 6.92 Å². The van der Waals surface area contributed by atoms with Gasteiger partial charge in [-0.1, -0.05) is 6.92 Å². The first kappa shape index (κ1) is 11.4. The Kier molecular flexibility index (Phi) is 6.76. The predicted molar refractivity (Wildman–Crippen MR) is 49.0 cm³/mol. The number of methoxy groups -OCH3 is 1. The van der Waals surface area contributed by atoms with Gasteiger partial charge in [0.2, 0.25) is 5.91 Å². The van der Waals surface area contributed by atoms with Crippen LogP contribution in [0.4, 0.5) is 0 Å². The van der Waals surface area contributed by atoms with E-state index in [1.165, 1.54) is 0 Å². The van der Waals surface area contributed by atoms with Crippen LogP contribution in [0.5, 0.6) is 0 Å². The molecule has 0 radical (unpaired) electrons. The molecule has 0 bridgehead atoms. The summed E-state index contributed by atoms with van der Waals surface area (Å²) in [5.41, 5.74) is 0. The minimum Gasteiger partial charge on any atom is -0.385 e. The summed E-state index contributed by atoms with van der Waals surface area (Å²) in [5, 5.41) is 2.89. The van der Waals surface area contributed by atoms with Gasteiger partial charge in [0.15, 0.2) is 0 Å². The third kappa shape index (κ3) is 6.16. The maximum atomic E-state index is 11.1. The van der Waals surface area contributed by atoms with E-state index in [2.05, 4.69) is 12.2 Å². The molecule has 0 rings (SSSR count). The average Bonchev–Trinajstić information content (AvgIpc) is 2.05. The lowest BCUT2D eigenvalue weighted by Gasteiger charge is -2.10. The number of hydrogen-bond acceptors (Lipinski definition) is 2. The summed E-state index contributed by atoms with van der Waals surface area (Å²) >= 11 is 0. The first-order chi connectivity index (χ1) is 5.70. The number of carbonyl (C=O) groups is 1. The third-order valence-electron chi connectivity index (χ3n) is 1.77. The summed E-state index contributed by atoms with van der Waals surface area (Å²) in [4.78, 5) is 11.1. The summed E-state index contributed by atoms with van der Waals surface area (Å²) in [6.07, 6.45) is 2.35. The highest BCUT2D eigenvalue weighted by molar-refractivity contribution is 5.76. The molecule has 72 valence electrons. The van der Waals surface area contributed by atoms with Crippen LogP contribution in [-0.2, 0) is 9.53 Å². The van der Waals surface area contributed by atoms with Crippen molar-refractivity contribution < 1.29 is 9.53 Å². The standard InChI is InChI=1S/C9H19NO2/c1-4-8(2)10-9(11)6-5-7-12-3/h8H,4-7H2,1-3H3,(H,10,11). The van der Waals surface area contributed by atoms with E-state index in [1.54, 1.807) is 7.11 Å². The van der Waals surface area contributed by atoms with Crippen molar-refractivity contribution in [2.75, 3.05) is 13.7 Å². The topological polar surface area (TPSA) is 38.3 Å². The molecule has 3 heteroatoms. The maximum Gasteiger partial charge on any atom is 0.220 e. The van der Waals surface area contributed by atoms with Crippen molar-refractivity contribution in [3.63, 3.8) is 0 Å². The van der Waals surface area contributed by atoms with Crippen molar-refractivity contribution in [2.45, 2.75) is 39.2 Å². The smallest absolute Gasteiger partial charge is 0.220 e. The lowest BCUT2D eigenvalue weighted by atomic mass is 10.2. The van der Waals surface area contributed by atoms with Gasteiger partial charge in [-0.3, -0.25) is 4.79 Å². The van der Waals surface area contributed by atoms with E-state index in [0.29, 0.717) is 19.1 Å². The molecule has 0 aromatic carbocycles. The van der Waals surface area contributed by atoms with E-state index in [9.17, 15) is 4.79 Å². The molecule has 0 saturated carbocycles. The molecule has 12 heavy (non-hydrogen) atoms. The molecule has 0 aromatic heterocycles. The quantitative estimate of drug-likeness (QED) is 0.615. The molecule has 0 aliphatic heterocycles. The molecular weight excluding hydrogens is 154 g/mol. The molecule has 1 unspecified atom stereocenters. The van der Waals surface area contributed by atoms with E-state index >= 15 is 0 Å². The molecule has 1 N–H and O–H groups in total. The van der Waals surface area contributed by atoms with Crippen LogP contribution in [0.15, 0.2) is 0 Å². The lowest BCUT2D eigenvalue weighted by molar-refractivity contribution is -0.122. The van der Waals surface area contributed by atoms with Gasteiger partial charge >= 0.3 is 0 Å². The van der Waals surface area contributed by atoms with Gasteiger partial charge in [-0.15, -0.1) is 0 Å². The van der Waals surface area contributed by atoms with Gasteiger partial charge in [0.05, 0.1) is 0 Å². The second-order valence-corrected chi connectivity index (χ2v) is 2.97. The van der Waals surface area contributed by atoms with E-state index < -0.39 is 0 Å². The first-order valence-electron chi connectivity index (χ1n) is 4.49. The van der Waals surface area contributed by atoms with E-state index in [0.717, 1.165) is 12.8 Å². The van der Waals surface area contributed by atoms with Crippen molar-refractivity contribution in [1.29, 1.82) is 0 Å². The first-order valence-corrected chi connectivity index (χ1v) is 4.49. The van der Waals surface area contributed by atoms with Gasteiger partial charge in [0, 0.05) is 26.2 Å². The maximum absolute atomic E-state index is 11.1. The van der Waals surface area contributed by atoms with Crippen molar-refractivity contribution in [2.24, 2.45) is 0 Å². The fraction of sp³-hybridized carbons (Fsp3) is 0.889. The molecule has 0 spiro atoms. The summed E-state index contributed by atoms with van der Waals surface area (Å²) in [5.74, 6) is 0.126. The van der Waals surface area contributed by atoms with Crippen LogP contribution in [0.1, 0.15) is 33.1 Å². The third-order valence-corrected chi connectivity index (χ3v) is 1.77. The molecule has 0 heterocycles. The Balaban J connectivity index is 3.33. The van der Waals surface area contributed by atoms with Crippen LogP contribution in [0, 0.1) is 0 Å². The molecule has 0 aliphatic carbocycles. The van der Waals surface area contributed by atoms with Crippen molar-refractivity contribution in [3.8, 4) is 0 Å². The van der Waals surface area contributed by atoms with Gasteiger partial charge in [0.25, 0.3) is 0 Å². The van der Waals surface area contributed by atoms with Gasteiger partial charge in [-0.25, -0.2) is 0 Å². The molecule has 3 nitrogen and oxygen atoms in total. The Morgan fingerprint density at radius 3 is 2.75 bits per heavy atom. The number of amides is 1. The van der Waals surface area contributed by atoms with Crippen molar-refractivity contribution in [3.05, 3.63) is 0 Å². The number of ether oxygens (including phenoxy) is 1. The van der Waals surface area contributed by atoms with Crippen LogP contribution in [0.3, 0.4) is 0 Å². The molecular formula is C9H19NO2. The normalized spacial score (nSPS) is 12.6.